The van der Waals surface area contributed by atoms with Gasteiger partial charge in [0.25, 0.3) is 5.91 Å². The van der Waals surface area contributed by atoms with E-state index >= 15 is 0 Å². The maximum Gasteiger partial charge on any atom is 0.261 e. The van der Waals surface area contributed by atoms with E-state index in [9.17, 15) is 9.59 Å². The molecule has 0 aliphatic carbocycles. The van der Waals surface area contributed by atoms with Gasteiger partial charge in [0.15, 0.2) is 6.61 Å². The number of benzene rings is 4. The highest BCUT2D eigenvalue weighted by atomic mass is 79.9. The number of rotatable bonds is 9. The van der Waals surface area contributed by atoms with E-state index in [1.807, 2.05) is 87.5 Å². The molecule has 0 heterocycles. The summed E-state index contributed by atoms with van der Waals surface area (Å²) in [6, 6.07) is 25.7. The van der Waals surface area contributed by atoms with Gasteiger partial charge < -0.3 is 15.0 Å². The van der Waals surface area contributed by atoms with Gasteiger partial charge in [-0.25, -0.2) is 0 Å². The number of hydrogen-bond donors (Lipinski definition) is 1. The fourth-order valence-electron chi connectivity index (χ4n) is 4.39. The number of carbonyl (C=O) groups excluding carboxylic acids is 2. The number of fused-ring (bicyclic) bond motifs is 1. The smallest absolute Gasteiger partial charge is 0.261 e. The van der Waals surface area contributed by atoms with Crippen LogP contribution in [0.1, 0.15) is 31.9 Å². The van der Waals surface area contributed by atoms with E-state index in [1.54, 1.807) is 23.1 Å². The molecular formula is C32H31BrCl2N2O3. The molecule has 208 valence electrons. The molecule has 0 aliphatic rings. The van der Waals surface area contributed by atoms with Crippen molar-refractivity contribution in [3.63, 3.8) is 0 Å². The first-order valence-corrected chi connectivity index (χ1v) is 14.5. The van der Waals surface area contributed by atoms with Crippen LogP contribution in [0, 0.1) is 0 Å². The second kappa shape index (κ2) is 13.1. The van der Waals surface area contributed by atoms with Gasteiger partial charge in [-0.1, -0.05) is 89.9 Å². The van der Waals surface area contributed by atoms with Crippen LogP contribution in [0.5, 0.6) is 5.75 Å². The molecule has 4 aromatic carbocycles. The van der Waals surface area contributed by atoms with Gasteiger partial charge >= 0.3 is 0 Å². The summed E-state index contributed by atoms with van der Waals surface area (Å²) in [7, 11) is 0. The fraction of sp³-hybridized carbons (Fsp3) is 0.250. The van der Waals surface area contributed by atoms with Crippen LogP contribution in [-0.4, -0.2) is 34.9 Å². The van der Waals surface area contributed by atoms with Crippen LogP contribution in [0.4, 0.5) is 0 Å². The quantitative estimate of drug-likeness (QED) is 0.203. The minimum atomic E-state index is -0.799. The summed E-state index contributed by atoms with van der Waals surface area (Å²) in [5, 5.41) is 5.88. The predicted octanol–water partition coefficient (Wildman–Crippen LogP) is 7.84. The largest absolute Gasteiger partial charge is 0.483 e. The lowest BCUT2D eigenvalue weighted by atomic mass is 10.0. The van der Waals surface area contributed by atoms with Crippen LogP contribution in [0.2, 0.25) is 10.0 Å². The van der Waals surface area contributed by atoms with Crippen molar-refractivity contribution in [3.05, 3.63) is 111 Å². The van der Waals surface area contributed by atoms with Crippen LogP contribution >= 0.6 is 39.1 Å². The van der Waals surface area contributed by atoms with Crippen molar-refractivity contribution in [1.29, 1.82) is 0 Å². The van der Waals surface area contributed by atoms with Gasteiger partial charge in [0.05, 0.1) is 14.5 Å². The van der Waals surface area contributed by atoms with Crippen LogP contribution in [0.3, 0.4) is 0 Å². The van der Waals surface area contributed by atoms with Crippen LogP contribution in [-0.2, 0) is 22.6 Å². The normalized spacial score (nSPS) is 12.2. The molecule has 2 amide bonds. The van der Waals surface area contributed by atoms with Crippen molar-refractivity contribution in [2.24, 2.45) is 0 Å². The molecule has 0 bridgehead atoms. The summed E-state index contributed by atoms with van der Waals surface area (Å²) in [5.41, 5.74) is 1.19. The zero-order valence-electron chi connectivity index (χ0n) is 22.6. The standard InChI is InChI=1S/C32H31BrCl2N2O3/c1-32(2,3)36-31(39)27(18-21-9-5-4-6-10-21)37(19-22-13-15-25(34)26(35)17-22)29(38)20-40-28-16-14-23-11-7-8-12-24(23)30(28)33/h4-17,27H,18-20H2,1-3H3,(H,36,39)/t27-/m0/s1. The van der Waals surface area contributed by atoms with Gasteiger partial charge in [-0.15, -0.1) is 0 Å². The average Bonchev–Trinajstić information content (AvgIpc) is 2.92. The molecule has 0 spiro atoms. The van der Waals surface area contributed by atoms with E-state index < -0.39 is 11.6 Å². The Bertz CT molecular complexity index is 1510. The van der Waals surface area contributed by atoms with Crippen molar-refractivity contribution >= 4 is 61.7 Å². The van der Waals surface area contributed by atoms with Gasteiger partial charge in [0.1, 0.15) is 11.8 Å². The summed E-state index contributed by atoms with van der Waals surface area (Å²) in [4.78, 5) is 29.1. The highest BCUT2D eigenvalue weighted by Crippen LogP contribution is 2.33. The SMILES string of the molecule is CC(C)(C)NC(=O)[C@H](Cc1ccccc1)N(Cc1ccc(Cl)c(Cl)c1)C(=O)COc1ccc2ccccc2c1Br. The first-order valence-electron chi connectivity index (χ1n) is 12.9. The minimum absolute atomic E-state index is 0.146. The van der Waals surface area contributed by atoms with E-state index in [2.05, 4.69) is 21.2 Å². The lowest BCUT2D eigenvalue weighted by Gasteiger charge is -2.34. The molecule has 8 heteroatoms. The molecule has 5 nitrogen and oxygen atoms in total. The third-order valence-corrected chi connectivity index (χ3v) is 7.84. The van der Waals surface area contributed by atoms with E-state index in [4.69, 9.17) is 27.9 Å². The average molecular weight is 642 g/mol. The van der Waals surface area contributed by atoms with Gasteiger partial charge in [-0.3, -0.25) is 9.59 Å². The van der Waals surface area contributed by atoms with E-state index in [0.717, 1.165) is 26.4 Å². The minimum Gasteiger partial charge on any atom is -0.483 e. The molecule has 4 rings (SSSR count). The molecule has 0 radical (unpaired) electrons. The monoisotopic (exact) mass is 640 g/mol. The highest BCUT2D eigenvalue weighted by molar-refractivity contribution is 9.10. The maximum absolute atomic E-state index is 13.9. The van der Waals surface area contributed by atoms with Gasteiger partial charge in [0, 0.05) is 18.5 Å². The Morgan fingerprint density at radius 2 is 1.60 bits per heavy atom. The fourth-order valence-corrected chi connectivity index (χ4v) is 5.32. The lowest BCUT2D eigenvalue weighted by Crippen LogP contribution is -2.55. The van der Waals surface area contributed by atoms with Crippen molar-refractivity contribution in [2.45, 2.75) is 45.3 Å². The molecule has 0 aliphatic heterocycles. The van der Waals surface area contributed by atoms with Crippen molar-refractivity contribution in [3.8, 4) is 5.75 Å². The number of hydrogen-bond acceptors (Lipinski definition) is 3. The zero-order chi connectivity index (χ0) is 28.9. The summed E-state index contributed by atoms with van der Waals surface area (Å²) in [5.74, 6) is -0.0481. The van der Waals surface area contributed by atoms with E-state index in [-0.39, 0.29) is 25.0 Å². The Labute approximate surface area is 253 Å². The highest BCUT2D eigenvalue weighted by Gasteiger charge is 2.32. The van der Waals surface area contributed by atoms with Crippen LogP contribution in [0.15, 0.2) is 89.4 Å². The molecule has 0 saturated carbocycles. The van der Waals surface area contributed by atoms with Crippen molar-refractivity contribution in [1.82, 2.24) is 10.2 Å². The van der Waals surface area contributed by atoms with Crippen molar-refractivity contribution < 1.29 is 14.3 Å². The summed E-state index contributed by atoms with van der Waals surface area (Å²) < 4.78 is 6.80. The first-order chi connectivity index (χ1) is 19.0. The maximum atomic E-state index is 13.9. The number of nitrogens with zero attached hydrogens (tertiary/aromatic N) is 1. The Morgan fingerprint density at radius 3 is 2.30 bits per heavy atom. The van der Waals surface area contributed by atoms with Gasteiger partial charge in [-0.05, 0) is 76.8 Å². The summed E-state index contributed by atoms with van der Waals surface area (Å²) >= 11 is 16.1. The molecule has 40 heavy (non-hydrogen) atoms. The number of carbonyl (C=O) groups is 2. The third kappa shape index (κ3) is 7.78. The predicted molar refractivity (Wildman–Crippen MR) is 166 cm³/mol. The second-order valence-corrected chi connectivity index (χ2v) is 12.2. The summed E-state index contributed by atoms with van der Waals surface area (Å²) in [6.45, 7) is 5.63. The Balaban J connectivity index is 1.67. The number of nitrogens with one attached hydrogen (secondary N) is 1. The molecule has 0 saturated heterocycles. The number of halogens is 3. The first kappa shape index (κ1) is 29.9. The topological polar surface area (TPSA) is 58.6 Å². The zero-order valence-corrected chi connectivity index (χ0v) is 25.7. The van der Waals surface area contributed by atoms with E-state index in [1.165, 1.54) is 0 Å². The molecule has 4 aromatic rings. The molecular weight excluding hydrogens is 611 g/mol. The number of amides is 2. The van der Waals surface area contributed by atoms with E-state index in [0.29, 0.717) is 22.2 Å². The third-order valence-electron chi connectivity index (χ3n) is 6.29. The van der Waals surface area contributed by atoms with Gasteiger partial charge in [0.2, 0.25) is 5.91 Å². The molecule has 0 fully saturated rings. The molecule has 1 N–H and O–H groups in total. The molecule has 0 aromatic heterocycles. The Kier molecular flexibility index (Phi) is 9.77. The van der Waals surface area contributed by atoms with Crippen LogP contribution in [0.25, 0.3) is 10.8 Å². The Morgan fingerprint density at radius 1 is 0.900 bits per heavy atom. The van der Waals surface area contributed by atoms with Gasteiger partial charge in [-0.2, -0.15) is 0 Å². The second-order valence-electron chi connectivity index (χ2n) is 10.6. The lowest BCUT2D eigenvalue weighted by molar-refractivity contribution is -0.143. The molecule has 0 unspecified atom stereocenters. The number of ether oxygens (including phenoxy) is 1. The Hall–Kier alpha value is -3.06. The van der Waals surface area contributed by atoms with Crippen molar-refractivity contribution in [2.75, 3.05) is 6.61 Å². The van der Waals surface area contributed by atoms with Crippen LogP contribution < -0.4 is 10.1 Å². The summed E-state index contributed by atoms with van der Waals surface area (Å²) in [6.07, 6.45) is 0.329. The molecule has 1 atom stereocenters.